The fourth-order valence-electron chi connectivity index (χ4n) is 2.07. The number of nitrogens with zero attached hydrogens (tertiary/aromatic N) is 2. The predicted octanol–water partition coefficient (Wildman–Crippen LogP) is 4.01. The zero-order valence-corrected chi connectivity index (χ0v) is 12.7. The van der Waals surface area contributed by atoms with Crippen molar-refractivity contribution in [3.63, 3.8) is 0 Å². The Morgan fingerprint density at radius 3 is 2.80 bits per heavy atom. The SMILES string of the molecule is Cc1cc(Br)cnc1-c1nc2ccc(C(C)O)cc2o1. The maximum absolute atomic E-state index is 9.60. The Hall–Kier alpha value is -1.72. The molecule has 20 heavy (non-hydrogen) atoms. The van der Waals surface area contributed by atoms with Crippen LogP contribution in [-0.4, -0.2) is 15.1 Å². The van der Waals surface area contributed by atoms with Crippen LogP contribution in [0, 0.1) is 6.92 Å². The van der Waals surface area contributed by atoms with Gasteiger partial charge in [0, 0.05) is 10.7 Å². The quantitative estimate of drug-likeness (QED) is 0.770. The first-order valence-corrected chi connectivity index (χ1v) is 7.05. The minimum Gasteiger partial charge on any atom is -0.435 e. The summed E-state index contributed by atoms with van der Waals surface area (Å²) in [5.74, 6) is 0.493. The number of rotatable bonds is 2. The highest BCUT2D eigenvalue weighted by atomic mass is 79.9. The zero-order valence-electron chi connectivity index (χ0n) is 11.1. The van der Waals surface area contributed by atoms with E-state index in [0.717, 1.165) is 26.8 Å². The molecule has 0 saturated carbocycles. The topological polar surface area (TPSA) is 59.2 Å². The molecule has 1 atom stereocenters. The van der Waals surface area contributed by atoms with Crippen molar-refractivity contribution in [3.8, 4) is 11.6 Å². The molecule has 0 fully saturated rings. The largest absolute Gasteiger partial charge is 0.435 e. The molecule has 3 aromatic rings. The lowest BCUT2D eigenvalue weighted by Gasteiger charge is -2.02. The van der Waals surface area contributed by atoms with E-state index >= 15 is 0 Å². The molecule has 0 spiro atoms. The highest BCUT2D eigenvalue weighted by Crippen LogP contribution is 2.28. The number of aryl methyl sites for hydroxylation is 1. The van der Waals surface area contributed by atoms with Crippen LogP contribution in [0.2, 0.25) is 0 Å². The highest BCUT2D eigenvalue weighted by molar-refractivity contribution is 9.10. The predicted molar refractivity (Wildman–Crippen MR) is 80.3 cm³/mol. The number of aromatic nitrogens is 2. The van der Waals surface area contributed by atoms with Gasteiger partial charge in [0.25, 0.3) is 0 Å². The van der Waals surface area contributed by atoms with E-state index in [2.05, 4.69) is 25.9 Å². The normalized spacial score (nSPS) is 12.8. The van der Waals surface area contributed by atoms with Gasteiger partial charge in [0.15, 0.2) is 5.58 Å². The molecular formula is C15H13BrN2O2. The van der Waals surface area contributed by atoms with Gasteiger partial charge < -0.3 is 9.52 Å². The molecule has 1 unspecified atom stereocenters. The highest BCUT2D eigenvalue weighted by Gasteiger charge is 2.13. The molecule has 0 bridgehead atoms. The van der Waals surface area contributed by atoms with Crippen molar-refractivity contribution in [2.75, 3.05) is 0 Å². The van der Waals surface area contributed by atoms with E-state index in [1.165, 1.54) is 0 Å². The van der Waals surface area contributed by atoms with Crippen molar-refractivity contribution in [2.45, 2.75) is 20.0 Å². The molecule has 0 amide bonds. The average Bonchev–Trinajstić information content (AvgIpc) is 2.80. The number of benzene rings is 1. The van der Waals surface area contributed by atoms with E-state index in [9.17, 15) is 5.11 Å². The summed E-state index contributed by atoms with van der Waals surface area (Å²) in [5, 5.41) is 9.60. The van der Waals surface area contributed by atoms with E-state index < -0.39 is 6.10 Å². The molecular weight excluding hydrogens is 320 g/mol. The van der Waals surface area contributed by atoms with Crippen LogP contribution < -0.4 is 0 Å². The van der Waals surface area contributed by atoms with Gasteiger partial charge in [0.1, 0.15) is 11.2 Å². The minimum absolute atomic E-state index is 0.493. The first kappa shape index (κ1) is 13.3. The van der Waals surface area contributed by atoms with Gasteiger partial charge >= 0.3 is 0 Å². The van der Waals surface area contributed by atoms with E-state index in [4.69, 9.17) is 4.42 Å². The molecule has 0 aliphatic heterocycles. The zero-order chi connectivity index (χ0) is 14.3. The number of pyridine rings is 1. The van der Waals surface area contributed by atoms with E-state index in [0.29, 0.717) is 11.5 Å². The van der Waals surface area contributed by atoms with Crippen LogP contribution in [-0.2, 0) is 0 Å². The lowest BCUT2D eigenvalue weighted by molar-refractivity contribution is 0.199. The molecule has 5 heteroatoms. The van der Waals surface area contributed by atoms with Crippen LogP contribution in [0.3, 0.4) is 0 Å². The van der Waals surface area contributed by atoms with Crippen molar-refractivity contribution in [2.24, 2.45) is 0 Å². The molecule has 102 valence electrons. The summed E-state index contributed by atoms with van der Waals surface area (Å²) in [5.41, 5.74) is 3.93. The Bertz CT molecular complexity index is 781. The summed E-state index contributed by atoms with van der Waals surface area (Å²) in [6, 6.07) is 7.48. The lowest BCUT2D eigenvalue weighted by Crippen LogP contribution is -1.89. The maximum atomic E-state index is 9.60. The summed E-state index contributed by atoms with van der Waals surface area (Å²) in [6.45, 7) is 3.68. The van der Waals surface area contributed by atoms with Gasteiger partial charge in [-0.05, 0) is 59.1 Å². The number of halogens is 1. The van der Waals surface area contributed by atoms with Gasteiger partial charge in [-0.15, -0.1) is 0 Å². The number of hydrogen-bond acceptors (Lipinski definition) is 4. The lowest BCUT2D eigenvalue weighted by atomic mass is 10.1. The second-order valence-electron chi connectivity index (χ2n) is 4.74. The Kier molecular flexibility index (Phi) is 3.31. The van der Waals surface area contributed by atoms with Gasteiger partial charge in [-0.25, -0.2) is 9.97 Å². The van der Waals surface area contributed by atoms with Crippen molar-refractivity contribution < 1.29 is 9.52 Å². The number of oxazole rings is 1. The van der Waals surface area contributed by atoms with Gasteiger partial charge in [0.2, 0.25) is 5.89 Å². The average molecular weight is 333 g/mol. The minimum atomic E-state index is -0.527. The van der Waals surface area contributed by atoms with Gasteiger partial charge in [-0.2, -0.15) is 0 Å². The molecule has 1 N–H and O–H groups in total. The third kappa shape index (κ3) is 2.34. The van der Waals surface area contributed by atoms with Crippen LogP contribution in [0.4, 0.5) is 0 Å². The Morgan fingerprint density at radius 1 is 1.30 bits per heavy atom. The fraction of sp³-hybridized carbons (Fsp3) is 0.200. The van der Waals surface area contributed by atoms with Gasteiger partial charge in [-0.1, -0.05) is 6.07 Å². The maximum Gasteiger partial charge on any atom is 0.246 e. The summed E-state index contributed by atoms with van der Waals surface area (Å²) in [4.78, 5) is 8.80. The first-order chi connectivity index (χ1) is 9.54. The molecule has 0 aliphatic rings. The molecule has 0 aliphatic carbocycles. The summed E-state index contributed by atoms with van der Waals surface area (Å²) in [6.07, 6.45) is 1.19. The number of aliphatic hydroxyl groups is 1. The molecule has 1 aromatic carbocycles. The summed E-state index contributed by atoms with van der Waals surface area (Å²) in [7, 11) is 0. The van der Waals surface area contributed by atoms with Gasteiger partial charge in [-0.3, -0.25) is 0 Å². The van der Waals surface area contributed by atoms with Crippen molar-refractivity contribution >= 4 is 27.0 Å². The van der Waals surface area contributed by atoms with Crippen LogP contribution in [0.5, 0.6) is 0 Å². The molecule has 3 rings (SSSR count). The summed E-state index contributed by atoms with van der Waals surface area (Å²) < 4.78 is 6.69. The van der Waals surface area contributed by atoms with Crippen LogP contribution >= 0.6 is 15.9 Å². The van der Waals surface area contributed by atoms with Gasteiger partial charge in [0.05, 0.1) is 6.10 Å². The monoisotopic (exact) mass is 332 g/mol. The summed E-state index contributed by atoms with van der Waals surface area (Å²) >= 11 is 3.39. The third-order valence-corrected chi connectivity index (χ3v) is 3.58. The van der Waals surface area contributed by atoms with Crippen molar-refractivity contribution in [1.82, 2.24) is 9.97 Å². The Balaban J connectivity index is 2.13. The number of fused-ring (bicyclic) bond motifs is 1. The molecule has 0 saturated heterocycles. The number of hydrogen-bond donors (Lipinski definition) is 1. The molecule has 0 radical (unpaired) electrons. The van der Waals surface area contributed by atoms with Crippen molar-refractivity contribution in [1.29, 1.82) is 0 Å². The Morgan fingerprint density at radius 2 is 2.10 bits per heavy atom. The Labute approximate surface area is 124 Å². The number of aliphatic hydroxyl groups excluding tert-OH is 1. The second-order valence-corrected chi connectivity index (χ2v) is 5.66. The van der Waals surface area contributed by atoms with Crippen molar-refractivity contribution in [3.05, 3.63) is 46.1 Å². The first-order valence-electron chi connectivity index (χ1n) is 6.25. The van der Waals surface area contributed by atoms with E-state index in [1.807, 2.05) is 31.2 Å². The van der Waals surface area contributed by atoms with E-state index in [1.54, 1.807) is 13.1 Å². The molecule has 4 nitrogen and oxygen atoms in total. The van der Waals surface area contributed by atoms with Crippen LogP contribution in [0.15, 0.2) is 39.4 Å². The van der Waals surface area contributed by atoms with Crippen LogP contribution in [0.1, 0.15) is 24.2 Å². The second kappa shape index (κ2) is 5.00. The molecule has 2 heterocycles. The molecule has 2 aromatic heterocycles. The fourth-order valence-corrected chi connectivity index (χ4v) is 2.51. The standard InChI is InChI=1S/C15H13BrN2O2/c1-8-5-11(16)7-17-14(8)15-18-12-4-3-10(9(2)19)6-13(12)20-15/h3-7,9,19H,1-2H3. The smallest absolute Gasteiger partial charge is 0.246 e. The third-order valence-electron chi connectivity index (χ3n) is 3.14. The van der Waals surface area contributed by atoms with E-state index in [-0.39, 0.29) is 0 Å². The van der Waals surface area contributed by atoms with Crippen LogP contribution in [0.25, 0.3) is 22.7 Å².